The van der Waals surface area contributed by atoms with E-state index < -0.39 is 20.9 Å². The van der Waals surface area contributed by atoms with E-state index in [9.17, 15) is 17.6 Å². The Bertz CT molecular complexity index is 978. The third-order valence-corrected chi connectivity index (χ3v) is 7.25. The molecule has 1 fully saturated rings. The molecule has 1 aliphatic rings. The fraction of sp³-hybridized carbons (Fsp3) is 0.400. The predicted molar refractivity (Wildman–Crippen MR) is 111 cm³/mol. The molecule has 3 rings (SSSR count). The van der Waals surface area contributed by atoms with E-state index >= 15 is 0 Å². The number of ether oxygens (including phenoxy) is 1. The van der Waals surface area contributed by atoms with E-state index in [1.54, 1.807) is 12.1 Å². The molecule has 1 N–H and O–H groups in total. The van der Waals surface area contributed by atoms with Crippen LogP contribution in [0.15, 0.2) is 41.4 Å². The van der Waals surface area contributed by atoms with Crippen LogP contribution in [0.2, 0.25) is 0 Å². The summed E-state index contributed by atoms with van der Waals surface area (Å²) in [6.07, 6.45) is 5.07. The summed E-state index contributed by atoms with van der Waals surface area (Å²) in [5.74, 6) is -0.163. The third kappa shape index (κ3) is 5.71. The lowest BCUT2D eigenvalue weighted by Crippen LogP contribution is -2.18. The third-order valence-electron chi connectivity index (χ3n) is 4.61. The van der Waals surface area contributed by atoms with Crippen molar-refractivity contribution in [2.75, 3.05) is 24.3 Å². The highest BCUT2D eigenvalue weighted by molar-refractivity contribution is 7.91. The molecule has 1 aromatic heterocycles. The largest absolute Gasteiger partial charge is 0.381 e. The van der Waals surface area contributed by atoms with Gasteiger partial charge >= 0.3 is 0 Å². The summed E-state index contributed by atoms with van der Waals surface area (Å²) in [6.45, 7) is 3.07. The Morgan fingerprint density at radius 3 is 2.59 bits per heavy atom. The first-order valence-electron chi connectivity index (χ1n) is 9.44. The first-order valence-corrected chi connectivity index (χ1v) is 11.9. The van der Waals surface area contributed by atoms with Gasteiger partial charge in [-0.1, -0.05) is 36.5 Å². The normalized spacial score (nSPS) is 16.0. The average Bonchev–Trinajstić information content (AvgIpc) is 3.11. The summed E-state index contributed by atoms with van der Waals surface area (Å²) in [5.41, 5.74) is 1.01. The number of benzene rings is 1. The van der Waals surface area contributed by atoms with Crippen LogP contribution in [-0.2, 0) is 19.4 Å². The highest BCUT2D eigenvalue weighted by Crippen LogP contribution is 2.26. The van der Waals surface area contributed by atoms with Crippen molar-refractivity contribution in [2.45, 2.75) is 31.1 Å². The van der Waals surface area contributed by atoms with Gasteiger partial charge in [-0.3, -0.25) is 10.1 Å². The molecule has 0 saturated carbocycles. The van der Waals surface area contributed by atoms with Crippen molar-refractivity contribution in [2.24, 2.45) is 5.92 Å². The van der Waals surface area contributed by atoms with Gasteiger partial charge in [-0.05, 0) is 42.9 Å². The number of halogens is 1. The molecule has 1 aliphatic heterocycles. The molecule has 0 spiro atoms. The molecule has 0 radical (unpaired) electrons. The molecular weight excluding hydrogens is 415 g/mol. The van der Waals surface area contributed by atoms with Gasteiger partial charge in [-0.15, -0.1) is 0 Å². The molecule has 1 aromatic carbocycles. The number of aromatic nitrogens is 1. The fourth-order valence-corrected chi connectivity index (χ4v) is 4.99. The molecule has 0 unspecified atom stereocenters. The number of nitrogens with one attached hydrogen (secondary N) is 1. The maximum Gasteiger partial charge on any atom is 0.257 e. The molecular formula is C20H23FN2O4S2. The van der Waals surface area contributed by atoms with Crippen molar-refractivity contribution < 1.29 is 22.3 Å². The van der Waals surface area contributed by atoms with Crippen LogP contribution in [0.3, 0.4) is 0 Å². The molecule has 0 aliphatic carbocycles. The Morgan fingerprint density at radius 1 is 1.31 bits per heavy atom. The van der Waals surface area contributed by atoms with Gasteiger partial charge in [-0.2, -0.15) is 4.39 Å². The van der Waals surface area contributed by atoms with Crippen molar-refractivity contribution in [3.63, 3.8) is 0 Å². The van der Waals surface area contributed by atoms with Crippen molar-refractivity contribution in [3.8, 4) is 0 Å². The van der Waals surface area contributed by atoms with Crippen molar-refractivity contribution in [1.82, 2.24) is 4.98 Å². The van der Waals surface area contributed by atoms with Crippen LogP contribution < -0.4 is 5.32 Å². The maximum absolute atomic E-state index is 13.2. The number of hydrogen-bond donors (Lipinski definition) is 1. The predicted octanol–water partition coefficient (Wildman–Crippen LogP) is 3.91. The molecule has 2 aromatic rings. The lowest BCUT2D eigenvalue weighted by Gasteiger charge is -2.20. The second kappa shape index (κ2) is 9.60. The molecule has 2 heterocycles. The van der Waals surface area contributed by atoms with E-state index in [0.29, 0.717) is 30.8 Å². The Morgan fingerprint density at radius 2 is 2.00 bits per heavy atom. The minimum absolute atomic E-state index is 0.0766. The van der Waals surface area contributed by atoms with Crippen LogP contribution in [-0.4, -0.2) is 38.3 Å². The first kappa shape index (κ1) is 21.6. The molecule has 0 bridgehead atoms. The minimum Gasteiger partial charge on any atom is -0.381 e. The summed E-state index contributed by atoms with van der Waals surface area (Å²) in [6, 6.07) is 6.31. The van der Waals surface area contributed by atoms with E-state index in [-0.39, 0.29) is 21.7 Å². The van der Waals surface area contributed by atoms with Gasteiger partial charge in [0, 0.05) is 18.8 Å². The van der Waals surface area contributed by atoms with E-state index in [0.717, 1.165) is 30.4 Å². The Hall–Kier alpha value is -2.10. The summed E-state index contributed by atoms with van der Waals surface area (Å²) in [4.78, 5) is 17.0. The molecule has 9 heteroatoms. The number of carbonyl (C=O) groups is 1. The number of anilines is 1. The summed E-state index contributed by atoms with van der Waals surface area (Å²) >= 11 is 0.750. The monoisotopic (exact) mass is 438 g/mol. The zero-order valence-corrected chi connectivity index (χ0v) is 17.7. The van der Waals surface area contributed by atoms with Gasteiger partial charge in [0.15, 0.2) is 20.1 Å². The van der Waals surface area contributed by atoms with Crippen molar-refractivity contribution >= 4 is 37.8 Å². The zero-order valence-electron chi connectivity index (χ0n) is 16.1. The van der Waals surface area contributed by atoms with E-state index in [2.05, 4.69) is 10.3 Å². The number of sulfone groups is 1. The smallest absolute Gasteiger partial charge is 0.257 e. The first-order chi connectivity index (χ1) is 13.9. The lowest BCUT2D eigenvalue weighted by molar-refractivity contribution is -0.111. The SMILES string of the molecule is CCCS(=O)(=O)c1ccc(/C(=C\C2CCOCC2)C(=O)Nc2ncc(F)s2)cc1. The highest BCUT2D eigenvalue weighted by Gasteiger charge is 2.20. The molecule has 1 amide bonds. The van der Waals surface area contributed by atoms with E-state index in [1.807, 2.05) is 13.0 Å². The van der Waals surface area contributed by atoms with Gasteiger partial charge in [0.25, 0.3) is 5.91 Å². The van der Waals surface area contributed by atoms with Crippen LogP contribution in [0.25, 0.3) is 5.57 Å². The van der Waals surface area contributed by atoms with E-state index in [4.69, 9.17) is 4.74 Å². The lowest BCUT2D eigenvalue weighted by atomic mass is 9.94. The van der Waals surface area contributed by atoms with Crippen molar-refractivity contribution in [3.05, 3.63) is 47.2 Å². The molecule has 6 nitrogen and oxygen atoms in total. The van der Waals surface area contributed by atoms with Gasteiger partial charge in [0.05, 0.1) is 16.8 Å². The van der Waals surface area contributed by atoms with Crippen LogP contribution in [0.5, 0.6) is 0 Å². The molecule has 0 atom stereocenters. The number of nitrogens with zero attached hydrogens (tertiary/aromatic N) is 1. The van der Waals surface area contributed by atoms with Gasteiger partial charge < -0.3 is 4.74 Å². The number of allylic oxidation sites excluding steroid dienone is 1. The standard InChI is InChI=1S/C20H23FN2O4S2/c1-2-11-29(25,26)16-5-3-15(4-6-16)17(12-14-7-9-27-10-8-14)19(24)23-20-22-13-18(21)28-20/h3-6,12-14H,2,7-11H2,1H3,(H,22,23,24)/b17-12+. The minimum atomic E-state index is -3.33. The zero-order chi connectivity index (χ0) is 20.9. The highest BCUT2D eigenvalue weighted by atomic mass is 32.2. The average molecular weight is 439 g/mol. The second-order valence-electron chi connectivity index (χ2n) is 6.80. The Labute approximate surface area is 173 Å². The second-order valence-corrected chi connectivity index (χ2v) is 9.89. The number of amides is 1. The van der Waals surface area contributed by atoms with Crippen LogP contribution >= 0.6 is 11.3 Å². The molecule has 1 saturated heterocycles. The topological polar surface area (TPSA) is 85.4 Å². The Balaban J connectivity index is 1.89. The molecule has 29 heavy (non-hydrogen) atoms. The summed E-state index contributed by atoms with van der Waals surface area (Å²) in [5, 5.41) is 2.31. The number of carbonyl (C=O) groups excluding carboxylic acids is 1. The Kier molecular flexibility index (Phi) is 7.15. The maximum atomic E-state index is 13.2. The van der Waals surface area contributed by atoms with Crippen LogP contribution in [0.1, 0.15) is 31.7 Å². The summed E-state index contributed by atoms with van der Waals surface area (Å²) in [7, 11) is -3.33. The molecule has 156 valence electrons. The van der Waals surface area contributed by atoms with Crippen molar-refractivity contribution in [1.29, 1.82) is 0 Å². The van der Waals surface area contributed by atoms with Gasteiger partial charge in [-0.25, -0.2) is 13.4 Å². The van der Waals surface area contributed by atoms with Crippen LogP contribution in [0.4, 0.5) is 9.52 Å². The number of hydrogen-bond acceptors (Lipinski definition) is 6. The quantitative estimate of drug-likeness (QED) is 0.663. The number of thiazole rings is 1. The van der Waals surface area contributed by atoms with Crippen LogP contribution in [0, 0.1) is 11.0 Å². The fourth-order valence-electron chi connectivity index (χ4n) is 3.13. The summed E-state index contributed by atoms with van der Waals surface area (Å²) < 4.78 is 43.1. The van der Waals surface area contributed by atoms with Gasteiger partial charge in [0.2, 0.25) is 0 Å². The van der Waals surface area contributed by atoms with E-state index in [1.165, 1.54) is 12.1 Å². The number of rotatable bonds is 7. The van der Waals surface area contributed by atoms with Gasteiger partial charge in [0.1, 0.15) is 0 Å².